The van der Waals surface area contributed by atoms with Crippen molar-refractivity contribution in [1.82, 2.24) is 29.4 Å². The summed E-state index contributed by atoms with van der Waals surface area (Å²) in [5, 5.41) is 21.7. The third kappa shape index (κ3) is 4.76. The molecule has 0 radical (unpaired) electrons. The van der Waals surface area contributed by atoms with Gasteiger partial charge in [0.1, 0.15) is 35.4 Å². The fourth-order valence-electron chi connectivity index (χ4n) is 5.36. The van der Waals surface area contributed by atoms with E-state index in [1.165, 1.54) is 24.3 Å². The number of aliphatic hydroxyl groups excluding tert-OH is 1. The molecule has 1 aromatic carbocycles. The predicted molar refractivity (Wildman–Crippen MR) is 156 cm³/mol. The maximum Gasteiger partial charge on any atom is 0.246 e. The number of nitrogens with zero attached hydrogens (tertiary/aromatic N) is 6. The summed E-state index contributed by atoms with van der Waals surface area (Å²) in [4.78, 5) is 19.3. The van der Waals surface area contributed by atoms with Crippen LogP contribution in [0.3, 0.4) is 0 Å². The topological polar surface area (TPSA) is 98.3 Å². The first-order valence-electron chi connectivity index (χ1n) is 13.4. The molecule has 6 rings (SSSR count). The van der Waals surface area contributed by atoms with Gasteiger partial charge in [0.05, 0.1) is 41.8 Å². The van der Waals surface area contributed by atoms with Gasteiger partial charge in [0, 0.05) is 53.1 Å². The number of thiophene rings is 1. The van der Waals surface area contributed by atoms with Crippen molar-refractivity contribution in [1.29, 1.82) is 0 Å². The molecule has 1 amide bonds. The summed E-state index contributed by atoms with van der Waals surface area (Å²) in [6.45, 7) is 7.81. The number of fused-ring (bicyclic) bond motifs is 2. The molecule has 9 nitrogen and oxygen atoms in total. The smallest absolute Gasteiger partial charge is 0.246 e. The zero-order valence-electron chi connectivity index (χ0n) is 23.2. The molecule has 0 spiro atoms. The highest BCUT2D eigenvalue weighted by Gasteiger charge is 2.31. The lowest BCUT2D eigenvalue weighted by Gasteiger charge is -2.33. The van der Waals surface area contributed by atoms with Crippen molar-refractivity contribution >= 4 is 27.3 Å². The quantitative estimate of drug-likeness (QED) is 0.257. The third-order valence-corrected chi connectivity index (χ3v) is 8.23. The Balaban J connectivity index is 1.64. The van der Waals surface area contributed by atoms with Crippen LogP contribution in [0.25, 0.3) is 43.9 Å². The Kier molecular flexibility index (Phi) is 7.11. The minimum atomic E-state index is -0.862. The standard InChI is InChI=1S/C30H28F2N6O3S/c1-5-25(40)37-7-8-38-23(17(37)3)12-22(35-38)29-27(26-21(32)10-19(31)11-24(26)41-15-16(2)39)30-20(6-9-42-30)28(34-29)18-13-33-36(4)14-18/h5-6,9-14,16-17,39H,1,7-8,15H2,2-4H3/t16-,17-/m1/s1. The Hall–Kier alpha value is -4.42. The van der Waals surface area contributed by atoms with E-state index in [1.54, 1.807) is 15.8 Å². The van der Waals surface area contributed by atoms with E-state index in [9.17, 15) is 14.3 Å². The second-order valence-electron chi connectivity index (χ2n) is 10.3. The number of pyridine rings is 1. The number of aromatic nitrogens is 5. The summed E-state index contributed by atoms with van der Waals surface area (Å²) in [6.07, 6.45) is 3.98. The SMILES string of the molecule is C=CC(=O)N1CCn2nc(-c3nc(-c4cnn(C)c4)c4ccsc4c3-c3c(F)cc(F)cc3OC[C@@H](C)O)cc2[C@H]1C. The molecule has 0 unspecified atom stereocenters. The van der Waals surface area contributed by atoms with Gasteiger partial charge >= 0.3 is 0 Å². The maximum atomic E-state index is 15.8. The molecule has 1 aliphatic rings. The van der Waals surface area contributed by atoms with Crippen LogP contribution >= 0.6 is 11.3 Å². The average Bonchev–Trinajstić information content (AvgIpc) is 3.71. The highest BCUT2D eigenvalue weighted by Crippen LogP contribution is 2.47. The Morgan fingerprint density at radius 1 is 1.26 bits per heavy atom. The first-order chi connectivity index (χ1) is 20.2. The molecule has 216 valence electrons. The van der Waals surface area contributed by atoms with Crippen molar-refractivity contribution in [3.8, 4) is 39.5 Å². The van der Waals surface area contributed by atoms with E-state index in [0.717, 1.165) is 28.8 Å². The molecule has 5 aromatic rings. The Bertz CT molecular complexity index is 1840. The first-order valence-corrected chi connectivity index (χ1v) is 14.3. The Morgan fingerprint density at radius 3 is 2.79 bits per heavy atom. The Morgan fingerprint density at radius 2 is 2.07 bits per heavy atom. The summed E-state index contributed by atoms with van der Waals surface area (Å²) < 4.78 is 40.3. The van der Waals surface area contributed by atoms with Gasteiger partial charge < -0.3 is 14.7 Å². The van der Waals surface area contributed by atoms with Gasteiger partial charge in [0.15, 0.2) is 0 Å². The van der Waals surface area contributed by atoms with Gasteiger partial charge in [-0.15, -0.1) is 11.3 Å². The average molecular weight is 591 g/mol. The van der Waals surface area contributed by atoms with Crippen molar-refractivity contribution in [2.24, 2.45) is 7.05 Å². The lowest BCUT2D eigenvalue weighted by Crippen LogP contribution is -2.40. The molecule has 0 bridgehead atoms. The molecular weight excluding hydrogens is 562 g/mol. The Labute approximate surface area is 244 Å². The summed E-state index contributed by atoms with van der Waals surface area (Å²) in [5.41, 5.74) is 3.43. The zero-order valence-corrected chi connectivity index (χ0v) is 24.0. The largest absolute Gasteiger partial charge is 0.490 e. The highest BCUT2D eigenvalue weighted by atomic mass is 32.1. The van der Waals surface area contributed by atoms with Crippen LogP contribution in [0.5, 0.6) is 5.75 Å². The fraction of sp³-hybridized carbons (Fsp3) is 0.267. The van der Waals surface area contributed by atoms with Crippen LogP contribution in [0.1, 0.15) is 25.6 Å². The molecule has 5 heterocycles. The molecule has 4 aromatic heterocycles. The fourth-order valence-corrected chi connectivity index (χ4v) is 6.31. The van der Waals surface area contributed by atoms with Gasteiger partial charge in [0.2, 0.25) is 5.91 Å². The number of benzene rings is 1. The van der Waals surface area contributed by atoms with Crippen LogP contribution in [0, 0.1) is 11.6 Å². The monoisotopic (exact) mass is 590 g/mol. The molecule has 42 heavy (non-hydrogen) atoms. The zero-order chi connectivity index (χ0) is 29.7. The van der Waals surface area contributed by atoms with E-state index in [2.05, 4.69) is 11.7 Å². The summed E-state index contributed by atoms with van der Waals surface area (Å²) in [7, 11) is 1.81. The molecule has 1 N–H and O–H groups in total. The van der Waals surface area contributed by atoms with Crippen LogP contribution in [-0.2, 0) is 18.4 Å². The maximum absolute atomic E-state index is 15.8. The molecule has 0 saturated carbocycles. The van der Waals surface area contributed by atoms with E-state index in [0.29, 0.717) is 40.4 Å². The number of aliphatic hydroxyl groups is 1. The van der Waals surface area contributed by atoms with Crippen molar-refractivity contribution in [2.75, 3.05) is 13.2 Å². The van der Waals surface area contributed by atoms with Crippen molar-refractivity contribution in [3.05, 3.63) is 72.0 Å². The van der Waals surface area contributed by atoms with Gasteiger partial charge in [-0.2, -0.15) is 10.2 Å². The molecule has 12 heteroatoms. The number of aryl methyl sites for hydroxylation is 1. The lowest BCUT2D eigenvalue weighted by molar-refractivity contribution is -0.129. The number of carbonyl (C=O) groups is 1. The van der Waals surface area contributed by atoms with Gasteiger partial charge in [0.25, 0.3) is 0 Å². The second-order valence-corrected chi connectivity index (χ2v) is 11.2. The summed E-state index contributed by atoms with van der Waals surface area (Å²) >= 11 is 1.39. The lowest BCUT2D eigenvalue weighted by atomic mass is 9.97. The summed E-state index contributed by atoms with van der Waals surface area (Å²) in [6, 6.07) is 5.38. The molecule has 1 aliphatic heterocycles. The molecular formula is C30H28F2N6O3S. The van der Waals surface area contributed by atoms with Crippen LogP contribution in [-0.4, -0.2) is 59.7 Å². The molecule has 0 saturated heterocycles. The van der Waals surface area contributed by atoms with Crippen molar-refractivity contribution < 1.29 is 23.4 Å². The normalized spacial score (nSPS) is 15.6. The minimum Gasteiger partial charge on any atom is -0.490 e. The van der Waals surface area contributed by atoms with Crippen LogP contribution in [0.2, 0.25) is 0 Å². The number of hydrogen-bond acceptors (Lipinski definition) is 7. The first kappa shape index (κ1) is 27.7. The minimum absolute atomic E-state index is 0.0206. The highest BCUT2D eigenvalue weighted by molar-refractivity contribution is 7.18. The number of halogens is 2. The van der Waals surface area contributed by atoms with Crippen molar-refractivity contribution in [2.45, 2.75) is 32.5 Å². The number of ether oxygens (including phenoxy) is 1. The van der Waals surface area contributed by atoms with Gasteiger partial charge in [-0.1, -0.05) is 6.58 Å². The van der Waals surface area contributed by atoms with E-state index < -0.39 is 17.7 Å². The van der Waals surface area contributed by atoms with Crippen LogP contribution < -0.4 is 4.74 Å². The summed E-state index contributed by atoms with van der Waals surface area (Å²) in [5.74, 6) is -1.87. The second kappa shape index (κ2) is 10.8. The number of rotatable bonds is 7. The van der Waals surface area contributed by atoms with E-state index in [-0.39, 0.29) is 29.9 Å². The number of carbonyl (C=O) groups excluding carboxylic acids is 1. The van der Waals surface area contributed by atoms with Crippen molar-refractivity contribution in [3.63, 3.8) is 0 Å². The third-order valence-electron chi connectivity index (χ3n) is 7.29. The van der Waals surface area contributed by atoms with Crippen LogP contribution in [0.4, 0.5) is 8.78 Å². The van der Waals surface area contributed by atoms with E-state index in [4.69, 9.17) is 14.8 Å². The van der Waals surface area contributed by atoms with Gasteiger partial charge in [-0.3, -0.25) is 14.2 Å². The van der Waals surface area contributed by atoms with E-state index >= 15 is 4.39 Å². The van der Waals surface area contributed by atoms with E-state index in [1.807, 2.05) is 42.4 Å². The molecule has 0 fully saturated rings. The van der Waals surface area contributed by atoms with Gasteiger partial charge in [-0.05, 0) is 37.4 Å². The molecule has 0 aliphatic carbocycles. The van der Waals surface area contributed by atoms with Crippen LogP contribution in [0.15, 0.2) is 54.7 Å². The number of hydrogen-bond donors (Lipinski definition) is 1. The number of amides is 1. The van der Waals surface area contributed by atoms with Gasteiger partial charge in [-0.25, -0.2) is 13.8 Å². The predicted octanol–water partition coefficient (Wildman–Crippen LogP) is 5.35. The molecule has 2 atom stereocenters.